The highest BCUT2D eigenvalue weighted by Gasteiger charge is 2.39. The van der Waals surface area contributed by atoms with Crippen molar-refractivity contribution in [1.29, 1.82) is 0 Å². The Morgan fingerprint density at radius 3 is 2.33 bits per heavy atom. The van der Waals surface area contributed by atoms with Crippen molar-refractivity contribution in [1.82, 2.24) is 39.0 Å². The van der Waals surface area contributed by atoms with Crippen molar-refractivity contribution in [2.24, 2.45) is 7.05 Å². The Kier molecular flexibility index (Phi) is 9.35. The molecular formula is C32H33ClF3N9O4. The molecule has 0 radical (unpaired) electrons. The van der Waals surface area contributed by atoms with E-state index in [4.69, 9.17) is 16.3 Å². The number of carbonyl (C=O) groups excluding carboxylic acids is 3. The van der Waals surface area contributed by atoms with Crippen LogP contribution in [0.15, 0.2) is 48.9 Å². The third-order valence-corrected chi connectivity index (χ3v) is 9.10. The summed E-state index contributed by atoms with van der Waals surface area (Å²) >= 11 is 6.48. The summed E-state index contributed by atoms with van der Waals surface area (Å²) < 4.78 is 49.4. The zero-order valence-electron chi connectivity index (χ0n) is 26.9. The summed E-state index contributed by atoms with van der Waals surface area (Å²) in [6.07, 6.45) is 0.683. The van der Waals surface area contributed by atoms with Gasteiger partial charge in [0.05, 0.1) is 47.4 Å². The zero-order chi connectivity index (χ0) is 35.0. The van der Waals surface area contributed by atoms with Crippen LogP contribution in [0.5, 0.6) is 5.75 Å². The number of likely N-dealkylation sites (tertiary alicyclic amines) is 1. The van der Waals surface area contributed by atoms with Crippen LogP contribution in [0.3, 0.4) is 0 Å². The van der Waals surface area contributed by atoms with Crippen LogP contribution in [0.1, 0.15) is 39.5 Å². The molecule has 1 atom stereocenters. The van der Waals surface area contributed by atoms with E-state index in [1.165, 1.54) is 49.2 Å². The van der Waals surface area contributed by atoms with E-state index in [9.17, 15) is 27.6 Å². The van der Waals surface area contributed by atoms with Gasteiger partial charge in [-0.2, -0.15) is 18.3 Å². The number of likely N-dealkylation sites (N-methyl/N-ethyl adjacent to an activating group) is 1. The monoisotopic (exact) mass is 699 g/mol. The molecule has 0 spiro atoms. The topological polar surface area (TPSA) is 131 Å². The number of nitrogens with one attached hydrogen (secondary N) is 1. The van der Waals surface area contributed by atoms with E-state index in [0.29, 0.717) is 31.9 Å². The van der Waals surface area contributed by atoms with Crippen LogP contribution in [0.25, 0.3) is 17.1 Å². The van der Waals surface area contributed by atoms with Crippen LogP contribution in [0, 0.1) is 0 Å². The Labute approximate surface area is 284 Å². The fourth-order valence-electron chi connectivity index (χ4n) is 6.07. The van der Waals surface area contributed by atoms with Gasteiger partial charge in [0, 0.05) is 45.1 Å². The molecule has 5 heterocycles. The molecule has 1 unspecified atom stereocenters. The number of pyridine rings is 1. The van der Waals surface area contributed by atoms with Crippen molar-refractivity contribution in [3.05, 3.63) is 71.0 Å². The number of methoxy groups -OCH3 is 1. The molecule has 258 valence electrons. The Morgan fingerprint density at radius 2 is 1.71 bits per heavy atom. The lowest BCUT2D eigenvalue weighted by Gasteiger charge is -2.37. The predicted octanol–water partition coefficient (Wildman–Crippen LogP) is 3.98. The third kappa shape index (κ3) is 6.83. The van der Waals surface area contributed by atoms with Gasteiger partial charge < -0.3 is 24.4 Å². The molecule has 4 aromatic rings. The van der Waals surface area contributed by atoms with Crippen molar-refractivity contribution in [3.63, 3.8) is 0 Å². The van der Waals surface area contributed by atoms with Crippen molar-refractivity contribution in [2.75, 3.05) is 52.2 Å². The van der Waals surface area contributed by atoms with Gasteiger partial charge in [0.25, 0.3) is 11.8 Å². The number of ether oxygens (including phenoxy) is 1. The molecule has 2 aliphatic heterocycles. The summed E-state index contributed by atoms with van der Waals surface area (Å²) in [7, 11) is 4.80. The first-order chi connectivity index (χ1) is 23.3. The maximum absolute atomic E-state index is 14.1. The van der Waals surface area contributed by atoms with E-state index >= 15 is 0 Å². The smallest absolute Gasteiger partial charge is 0.435 e. The third-order valence-electron chi connectivity index (χ3n) is 8.78. The first-order valence-corrected chi connectivity index (χ1v) is 15.8. The highest BCUT2D eigenvalue weighted by Crippen LogP contribution is 2.37. The summed E-state index contributed by atoms with van der Waals surface area (Å²) in [6, 6.07) is 7.30. The fraction of sp³-hybridized carbons (Fsp3) is 0.375. The number of halogens is 4. The molecular weight excluding hydrogens is 667 g/mol. The number of alkyl halides is 3. The fourth-order valence-corrected chi connectivity index (χ4v) is 6.34. The number of amides is 3. The number of nitrogens with zero attached hydrogens (tertiary/aromatic N) is 8. The van der Waals surface area contributed by atoms with E-state index in [0.717, 1.165) is 36.5 Å². The number of imidazole rings is 1. The predicted molar refractivity (Wildman–Crippen MR) is 173 cm³/mol. The lowest BCUT2D eigenvalue weighted by Crippen LogP contribution is -2.54. The number of anilines is 1. The maximum atomic E-state index is 14.1. The lowest BCUT2D eigenvalue weighted by molar-refractivity contribution is -0.141. The SMILES string of the molecule is COc1ccc(-n2cc(-c3cnc(C(=O)Nc4ccc(C(=O)N5CCN(C(=O)C6CCCN6C)CC5)c(Cl)c4)n3C)c(C(F)(F)F)n2)nc1. The number of hydrogen-bond acceptors (Lipinski definition) is 8. The quantitative estimate of drug-likeness (QED) is 0.307. The normalized spacial score (nSPS) is 17.0. The number of rotatable bonds is 7. The Bertz CT molecular complexity index is 1890. The van der Waals surface area contributed by atoms with Crippen LogP contribution in [-0.2, 0) is 18.0 Å². The molecule has 0 bridgehead atoms. The molecule has 1 aromatic carbocycles. The summed E-state index contributed by atoms with van der Waals surface area (Å²) in [5, 5.41) is 6.47. The second-order valence-corrected chi connectivity index (χ2v) is 12.2. The molecule has 1 N–H and O–H groups in total. The summed E-state index contributed by atoms with van der Waals surface area (Å²) in [5.41, 5.74) is -1.00. The van der Waals surface area contributed by atoms with Crippen molar-refractivity contribution < 1.29 is 32.3 Å². The van der Waals surface area contributed by atoms with Gasteiger partial charge in [-0.3, -0.25) is 19.3 Å². The summed E-state index contributed by atoms with van der Waals surface area (Å²) in [5.74, 6) is -0.547. The molecule has 0 aliphatic carbocycles. The molecule has 0 saturated carbocycles. The summed E-state index contributed by atoms with van der Waals surface area (Å²) in [4.78, 5) is 53.1. The highest BCUT2D eigenvalue weighted by atomic mass is 35.5. The second kappa shape index (κ2) is 13.5. The molecule has 3 aromatic heterocycles. The molecule has 2 aliphatic rings. The Hall–Kier alpha value is -4.96. The van der Waals surface area contributed by atoms with Gasteiger partial charge in [0.2, 0.25) is 5.91 Å². The Balaban J connectivity index is 1.14. The summed E-state index contributed by atoms with van der Waals surface area (Å²) in [6.45, 7) is 2.48. The number of aromatic nitrogens is 5. The first-order valence-electron chi connectivity index (χ1n) is 15.4. The minimum absolute atomic E-state index is 0.00623. The minimum Gasteiger partial charge on any atom is -0.495 e. The highest BCUT2D eigenvalue weighted by molar-refractivity contribution is 6.34. The molecule has 49 heavy (non-hydrogen) atoms. The molecule has 13 nitrogen and oxygen atoms in total. The molecule has 17 heteroatoms. The number of piperazine rings is 1. The van der Waals surface area contributed by atoms with Gasteiger partial charge in [-0.1, -0.05) is 11.6 Å². The first kappa shape index (κ1) is 33.9. The van der Waals surface area contributed by atoms with Crippen molar-refractivity contribution in [2.45, 2.75) is 25.1 Å². The van der Waals surface area contributed by atoms with E-state index in [2.05, 4.69) is 25.3 Å². The zero-order valence-corrected chi connectivity index (χ0v) is 27.6. The van der Waals surface area contributed by atoms with Gasteiger partial charge >= 0.3 is 6.18 Å². The molecule has 3 amide bonds. The second-order valence-electron chi connectivity index (χ2n) is 11.8. The lowest BCUT2D eigenvalue weighted by atomic mass is 10.1. The number of hydrogen-bond donors (Lipinski definition) is 1. The van der Waals surface area contributed by atoms with E-state index < -0.39 is 17.8 Å². The van der Waals surface area contributed by atoms with Crippen molar-refractivity contribution in [3.8, 4) is 22.8 Å². The van der Waals surface area contributed by atoms with Gasteiger partial charge in [0.15, 0.2) is 17.3 Å². The maximum Gasteiger partial charge on any atom is 0.435 e. The standard InChI is InChI=1S/C32H33ClF3N9O4/c1-41-10-4-5-24(41)31(48)44-13-11-43(12-14-44)30(47)21-8-6-19(15-23(21)33)39-29(46)28-38-17-25(42(28)2)22-18-45(40-27(22)32(34,35)36)26-9-7-20(49-3)16-37-26/h6-9,15-18,24H,4-5,10-14H2,1-3H3,(H,39,46). The van der Waals surface area contributed by atoms with Crippen LogP contribution in [-0.4, -0.2) is 110 Å². The molecule has 2 saturated heterocycles. The minimum atomic E-state index is -4.81. The van der Waals surface area contributed by atoms with Crippen LogP contribution in [0.2, 0.25) is 5.02 Å². The van der Waals surface area contributed by atoms with Crippen molar-refractivity contribution >= 4 is 35.0 Å². The molecule has 6 rings (SSSR count). The van der Waals surface area contributed by atoms with Gasteiger partial charge in [0.1, 0.15) is 5.75 Å². The average molecular weight is 700 g/mol. The van der Waals surface area contributed by atoms with Gasteiger partial charge in [-0.25, -0.2) is 14.6 Å². The van der Waals surface area contributed by atoms with Gasteiger partial charge in [-0.05, 0) is 56.8 Å². The number of carbonyl (C=O) groups is 3. The van der Waals surface area contributed by atoms with E-state index in [1.54, 1.807) is 15.9 Å². The van der Waals surface area contributed by atoms with Crippen LogP contribution in [0.4, 0.5) is 18.9 Å². The van der Waals surface area contributed by atoms with Crippen LogP contribution < -0.4 is 10.1 Å². The largest absolute Gasteiger partial charge is 0.495 e. The van der Waals surface area contributed by atoms with E-state index in [-0.39, 0.29) is 57.0 Å². The average Bonchev–Trinajstić information content (AvgIpc) is 3.82. The molecule has 2 fully saturated rings. The van der Waals surface area contributed by atoms with Crippen LogP contribution >= 0.6 is 11.6 Å². The number of benzene rings is 1. The Morgan fingerprint density at radius 1 is 0.980 bits per heavy atom. The van der Waals surface area contributed by atoms with Gasteiger partial charge in [-0.15, -0.1) is 0 Å². The van der Waals surface area contributed by atoms with E-state index in [1.807, 2.05) is 7.05 Å².